The van der Waals surface area contributed by atoms with Gasteiger partial charge < -0.3 is 15.4 Å². The summed E-state index contributed by atoms with van der Waals surface area (Å²) in [6, 6.07) is 1.60. The molecular formula is C20H27N5O4S2. The van der Waals surface area contributed by atoms with Crippen LogP contribution in [0.4, 0.5) is 5.13 Å². The van der Waals surface area contributed by atoms with E-state index in [1.165, 1.54) is 24.5 Å². The van der Waals surface area contributed by atoms with Crippen molar-refractivity contribution in [2.24, 2.45) is 0 Å². The van der Waals surface area contributed by atoms with Gasteiger partial charge in [0, 0.05) is 51.1 Å². The topological polar surface area (TPSA) is 114 Å². The van der Waals surface area contributed by atoms with E-state index in [-0.39, 0.29) is 16.6 Å². The standard InChI is InChI=1S/C20H27N5O4S2/c1-15-19(30-20(23-15)24-16(2)26)17-12-18(14-22-13-17)31(27,28)11-3-4-21-5-6-25-7-9-29-10-8-25/h3-4,12-14,21H,5-11H2,1-2H3,(H,23,24,26). The number of morpholine rings is 1. The van der Waals surface area contributed by atoms with Gasteiger partial charge in [-0.15, -0.1) is 0 Å². The van der Waals surface area contributed by atoms with Gasteiger partial charge in [-0.05, 0) is 19.2 Å². The van der Waals surface area contributed by atoms with E-state index in [4.69, 9.17) is 4.74 Å². The van der Waals surface area contributed by atoms with E-state index < -0.39 is 9.84 Å². The average Bonchev–Trinajstić information content (AvgIpc) is 3.10. The third-order valence-electron chi connectivity index (χ3n) is 4.64. The second kappa shape index (κ2) is 10.8. The monoisotopic (exact) mass is 465 g/mol. The third kappa shape index (κ3) is 6.82. The van der Waals surface area contributed by atoms with Crippen molar-refractivity contribution in [1.82, 2.24) is 20.2 Å². The molecule has 168 valence electrons. The average molecular weight is 466 g/mol. The van der Waals surface area contributed by atoms with Gasteiger partial charge in [0.2, 0.25) is 5.91 Å². The number of sulfone groups is 1. The summed E-state index contributed by atoms with van der Waals surface area (Å²) in [5, 5.41) is 6.26. The number of carbonyl (C=O) groups is 1. The number of anilines is 1. The van der Waals surface area contributed by atoms with Crippen molar-refractivity contribution in [2.75, 3.05) is 50.5 Å². The Hall–Kier alpha value is -2.34. The summed E-state index contributed by atoms with van der Waals surface area (Å²) in [5.41, 5.74) is 1.36. The Labute approximate surface area is 186 Å². The second-order valence-electron chi connectivity index (χ2n) is 7.12. The van der Waals surface area contributed by atoms with Crippen LogP contribution in [0.15, 0.2) is 35.6 Å². The molecule has 0 spiro atoms. The van der Waals surface area contributed by atoms with Gasteiger partial charge in [0.15, 0.2) is 15.0 Å². The molecule has 1 saturated heterocycles. The van der Waals surface area contributed by atoms with Crippen molar-refractivity contribution in [3.8, 4) is 10.4 Å². The minimum absolute atomic E-state index is 0.124. The van der Waals surface area contributed by atoms with Crippen LogP contribution in [0.2, 0.25) is 0 Å². The smallest absolute Gasteiger partial charge is 0.223 e. The number of aromatic nitrogens is 2. The van der Waals surface area contributed by atoms with E-state index in [1.807, 2.05) is 6.92 Å². The van der Waals surface area contributed by atoms with Crippen molar-refractivity contribution >= 4 is 32.2 Å². The predicted molar refractivity (Wildman–Crippen MR) is 121 cm³/mol. The Kier molecular flexibility index (Phi) is 8.13. The first-order chi connectivity index (χ1) is 14.8. The van der Waals surface area contributed by atoms with Gasteiger partial charge >= 0.3 is 0 Å². The zero-order valence-electron chi connectivity index (χ0n) is 17.6. The molecule has 3 heterocycles. The van der Waals surface area contributed by atoms with E-state index in [2.05, 4.69) is 25.5 Å². The summed E-state index contributed by atoms with van der Waals surface area (Å²) < 4.78 is 30.8. The quantitative estimate of drug-likeness (QED) is 0.538. The molecule has 9 nitrogen and oxygen atoms in total. The number of nitrogens with one attached hydrogen (secondary N) is 2. The number of amides is 1. The van der Waals surface area contributed by atoms with Crippen molar-refractivity contribution in [3.63, 3.8) is 0 Å². The molecule has 0 aromatic carbocycles. The normalized spacial score (nSPS) is 15.3. The third-order valence-corrected chi connectivity index (χ3v) is 7.34. The molecule has 3 rings (SSSR count). The number of carbonyl (C=O) groups excluding carboxylic acids is 1. The van der Waals surface area contributed by atoms with Crippen LogP contribution in [0.1, 0.15) is 12.6 Å². The van der Waals surface area contributed by atoms with Gasteiger partial charge in [-0.3, -0.25) is 14.7 Å². The van der Waals surface area contributed by atoms with Crippen LogP contribution in [-0.4, -0.2) is 74.3 Å². The Bertz CT molecular complexity index is 1030. The molecule has 0 unspecified atom stereocenters. The number of pyridine rings is 1. The molecule has 0 atom stereocenters. The van der Waals surface area contributed by atoms with Crippen LogP contribution in [-0.2, 0) is 19.4 Å². The highest BCUT2D eigenvalue weighted by molar-refractivity contribution is 7.91. The number of hydrogen-bond donors (Lipinski definition) is 2. The molecule has 1 aliphatic rings. The molecule has 31 heavy (non-hydrogen) atoms. The highest BCUT2D eigenvalue weighted by Crippen LogP contribution is 2.33. The van der Waals surface area contributed by atoms with Crippen molar-refractivity contribution in [1.29, 1.82) is 0 Å². The van der Waals surface area contributed by atoms with Crippen LogP contribution >= 0.6 is 11.3 Å². The Morgan fingerprint density at radius 2 is 2.10 bits per heavy atom. The summed E-state index contributed by atoms with van der Waals surface area (Å²) in [6.45, 7) is 8.23. The first-order valence-corrected chi connectivity index (χ1v) is 12.4. The first kappa shape index (κ1) is 23.3. The maximum Gasteiger partial charge on any atom is 0.223 e. The summed E-state index contributed by atoms with van der Waals surface area (Å²) in [7, 11) is -3.53. The maximum absolute atomic E-state index is 12.7. The lowest BCUT2D eigenvalue weighted by Crippen LogP contribution is -2.39. The summed E-state index contributed by atoms with van der Waals surface area (Å²) in [6.07, 6.45) is 6.24. The van der Waals surface area contributed by atoms with Gasteiger partial charge in [0.05, 0.1) is 34.4 Å². The van der Waals surface area contributed by atoms with E-state index in [0.29, 0.717) is 16.4 Å². The molecule has 2 N–H and O–H groups in total. The van der Waals surface area contributed by atoms with Crippen molar-refractivity contribution in [3.05, 3.63) is 36.4 Å². The Morgan fingerprint density at radius 3 is 2.84 bits per heavy atom. The number of rotatable bonds is 9. The molecule has 2 aromatic heterocycles. The van der Waals surface area contributed by atoms with E-state index in [9.17, 15) is 13.2 Å². The molecule has 11 heteroatoms. The van der Waals surface area contributed by atoms with Crippen LogP contribution in [0.25, 0.3) is 10.4 Å². The number of hydrogen-bond acceptors (Lipinski definition) is 9. The van der Waals surface area contributed by atoms with Gasteiger partial charge in [-0.1, -0.05) is 17.4 Å². The van der Waals surface area contributed by atoms with E-state index in [1.54, 1.807) is 24.5 Å². The minimum Gasteiger partial charge on any atom is -0.390 e. The Morgan fingerprint density at radius 1 is 1.32 bits per heavy atom. The van der Waals surface area contributed by atoms with Crippen LogP contribution in [0, 0.1) is 6.92 Å². The highest BCUT2D eigenvalue weighted by atomic mass is 32.2. The summed E-state index contributed by atoms with van der Waals surface area (Å²) in [4.78, 5) is 22.9. The largest absolute Gasteiger partial charge is 0.390 e. The summed E-state index contributed by atoms with van der Waals surface area (Å²) >= 11 is 1.29. The summed E-state index contributed by atoms with van der Waals surface area (Å²) in [5.74, 6) is -0.332. The molecule has 1 fully saturated rings. The SMILES string of the molecule is CC(=O)Nc1nc(C)c(-c2cncc(S(=O)(=O)CC=CNCCN3CCOCC3)c2)s1. The van der Waals surface area contributed by atoms with Gasteiger partial charge in [0.1, 0.15) is 0 Å². The predicted octanol–water partition coefficient (Wildman–Crippen LogP) is 1.68. The van der Waals surface area contributed by atoms with Crippen molar-refractivity contribution in [2.45, 2.75) is 18.7 Å². The molecular weight excluding hydrogens is 438 g/mol. The van der Waals surface area contributed by atoms with Crippen molar-refractivity contribution < 1.29 is 17.9 Å². The number of aryl methyl sites for hydroxylation is 1. The number of nitrogens with zero attached hydrogens (tertiary/aromatic N) is 3. The fraction of sp³-hybridized carbons (Fsp3) is 0.450. The first-order valence-electron chi connectivity index (χ1n) is 9.97. The van der Waals surface area contributed by atoms with Crippen LogP contribution in [0.5, 0.6) is 0 Å². The molecule has 0 bridgehead atoms. The molecule has 0 radical (unpaired) electrons. The van der Waals surface area contributed by atoms with Gasteiger partial charge in [0.25, 0.3) is 0 Å². The molecule has 0 aliphatic carbocycles. The second-order valence-corrected chi connectivity index (χ2v) is 10.1. The number of ether oxygens (including phenoxy) is 1. The van der Waals surface area contributed by atoms with Crippen LogP contribution in [0.3, 0.4) is 0 Å². The molecule has 2 aromatic rings. The zero-order valence-corrected chi connectivity index (χ0v) is 19.3. The molecule has 0 saturated carbocycles. The lowest BCUT2D eigenvalue weighted by Gasteiger charge is -2.26. The molecule has 1 amide bonds. The Balaban J connectivity index is 1.59. The van der Waals surface area contributed by atoms with Gasteiger partial charge in [-0.25, -0.2) is 13.4 Å². The van der Waals surface area contributed by atoms with Gasteiger partial charge in [-0.2, -0.15) is 0 Å². The lowest BCUT2D eigenvalue weighted by atomic mass is 10.2. The fourth-order valence-electron chi connectivity index (χ4n) is 3.07. The maximum atomic E-state index is 12.7. The lowest BCUT2D eigenvalue weighted by molar-refractivity contribution is -0.114. The fourth-order valence-corrected chi connectivity index (χ4v) is 5.13. The minimum atomic E-state index is -3.53. The van der Waals surface area contributed by atoms with Crippen LogP contribution < -0.4 is 10.6 Å². The molecule has 1 aliphatic heterocycles. The number of thiazole rings is 1. The zero-order chi connectivity index (χ0) is 22.3. The van der Waals surface area contributed by atoms with E-state index >= 15 is 0 Å². The highest BCUT2D eigenvalue weighted by Gasteiger charge is 2.17. The van der Waals surface area contributed by atoms with E-state index in [0.717, 1.165) is 44.3 Å².